The van der Waals surface area contributed by atoms with Gasteiger partial charge >= 0.3 is 0 Å². The van der Waals surface area contributed by atoms with E-state index in [1.807, 2.05) is 5.38 Å². The van der Waals surface area contributed by atoms with Crippen molar-refractivity contribution in [2.75, 3.05) is 7.05 Å². The molecule has 92 valence electrons. The number of halogens is 2. The van der Waals surface area contributed by atoms with Crippen LogP contribution in [0.2, 0.25) is 0 Å². The van der Waals surface area contributed by atoms with Crippen LogP contribution in [0.5, 0.6) is 0 Å². The second-order valence-corrected chi connectivity index (χ2v) is 5.89. The van der Waals surface area contributed by atoms with Gasteiger partial charge in [-0.15, -0.1) is 11.3 Å². The predicted molar refractivity (Wildman–Crippen MR) is 67.9 cm³/mol. The van der Waals surface area contributed by atoms with Crippen molar-refractivity contribution in [1.82, 2.24) is 10.2 Å². The Morgan fingerprint density at radius 3 is 2.88 bits per heavy atom. The van der Waals surface area contributed by atoms with Crippen molar-refractivity contribution in [3.63, 3.8) is 0 Å². The molecule has 0 spiro atoms. The van der Waals surface area contributed by atoms with Gasteiger partial charge in [-0.2, -0.15) is 0 Å². The normalized spacial score (nSPS) is 29.4. The van der Waals surface area contributed by atoms with Gasteiger partial charge in [0.15, 0.2) is 5.96 Å². The van der Waals surface area contributed by atoms with E-state index in [9.17, 15) is 9.18 Å². The topological polar surface area (TPSA) is 56.2 Å². The summed E-state index contributed by atoms with van der Waals surface area (Å²) in [5, 5.41) is 12.2. The molecule has 2 N–H and O–H groups in total. The fourth-order valence-electron chi connectivity index (χ4n) is 1.69. The molecule has 1 fully saturated rings. The molecule has 0 radical (unpaired) electrons. The molecule has 0 aromatic carbocycles. The summed E-state index contributed by atoms with van der Waals surface area (Å²) in [5.74, 6) is -0.781. The molecular weight excluding hydrogens is 309 g/mol. The van der Waals surface area contributed by atoms with Crippen LogP contribution in [0.15, 0.2) is 15.9 Å². The number of carbonyl (C=O) groups excluding carboxylic acids is 1. The molecule has 4 nitrogen and oxygen atoms in total. The van der Waals surface area contributed by atoms with E-state index in [0.717, 1.165) is 9.37 Å². The number of alkyl halides is 1. The monoisotopic (exact) mass is 319 g/mol. The van der Waals surface area contributed by atoms with Crippen LogP contribution >= 0.6 is 27.3 Å². The van der Waals surface area contributed by atoms with Crippen LogP contribution < -0.4 is 5.32 Å². The number of rotatable bonds is 1. The number of guanidine groups is 1. The van der Waals surface area contributed by atoms with Crippen molar-refractivity contribution in [3.8, 4) is 0 Å². The predicted octanol–water partition coefficient (Wildman–Crippen LogP) is 2.06. The van der Waals surface area contributed by atoms with Crippen LogP contribution in [0.25, 0.3) is 0 Å². The third-order valence-corrected chi connectivity index (χ3v) is 4.78. The first-order chi connectivity index (χ1) is 7.86. The Morgan fingerprint density at radius 2 is 2.35 bits per heavy atom. The smallest absolute Gasteiger partial charge is 0.266 e. The van der Waals surface area contributed by atoms with Crippen molar-refractivity contribution in [1.29, 1.82) is 5.41 Å². The molecule has 2 atom stereocenters. The van der Waals surface area contributed by atoms with Gasteiger partial charge in [-0.3, -0.25) is 15.1 Å². The van der Waals surface area contributed by atoms with Crippen LogP contribution in [-0.2, 0) is 10.3 Å². The van der Waals surface area contributed by atoms with E-state index < -0.39 is 17.6 Å². The summed E-state index contributed by atoms with van der Waals surface area (Å²) in [6, 6.07) is 1.76. The molecule has 2 heterocycles. The van der Waals surface area contributed by atoms with Gasteiger partial charge in [0.25, 0.3) is 5.91 Å². The highest BCUT2D eigenvalue weighted by Crippen LogP contribution is 2.36. The Kier molecular flexibility index (Phi) is 2.99. The maximum Gasteiger partial charge on any atom is 0.266 e. The van der Waals surface area contributed by atoms with Crippen LogP contribution in [-0.4, -0.2) is 30.0 Å². The van der Waals surface area contributed by atoms with Gasteiger partial charge in [0.2, 0.25) is 6.17 Å². The molecule has 0 aliphatic carbocycles. The molecule has 1 aliphatic heterocycles. The van der Waals surface area contributed by atoms with Crippen molar-refractivity contribution in [2.45, 2.75) is 18.6 Å². The number of carbonyl (C=O) groups is 1. The lowest BCUT2D eigenvalue weighted by molar-refractivity contribution is -0.136. The van der Waals surface area contributed by atoms with Crippen molar-refractivity contribution < 1.29 is 9.18 Å². The molecule has 0 saturated carbocycles. The van der Waals surface area contributed by atoms with Gasteiger partial charge in [0, 0.05) is 21.8 Å². The van der Waals surface area contributed by atoms with Crippen molar-refractivity contribution in [2.24, 2.45) is 0 Å². The van der Waals surface area contributed by atoms with Gasteiger partial charge in [-0.05, 0) is 28.9 Å². The second-order valence-electron chi connectivity index (χ2n) is 4.06. The van der Waals surface area contributed by atoms with Crippen molar-refractivity contribution in [3.05, 3.63) is 20.8 Å². The summed E-state index contributed by atoms with van der Waals surface area (Å²) in [6.07, 6.45) is -1.70. The number of nitrogens with zero attached hydrogens (tertiary/aromatic N) is 1. The molecule has 1 amide bonds. The van der Waals surface area contributed by atoms with Crippen molar-refractivity contribution >= 4 is 39.1 Å². The number of nitrogens with one attached hydrogen (secondary N) is 2. The van der Waals surface area contributed by atoms with Crippen LogP contribution in [0, 0.1) is 5.41 Å². The number of amides is 1. The summed E-state index contributed by atoms with van der Waals surface area (Å²) in [6.45, 7) is 1.59. The standard InChI is InChI=1S/C10H11BrFN3OS/c1-10(6-3-5(11)4-17-6)7(12)8(16)15(2)9(13)14-10/h3-4,7H,1-2H3,(H2,13,14)/t7-,10+/m0/s1. The molecule has 1 saturated heterocycles. The third kappa shape index (κ3) is 1.87. The molecule has 17 heavy (non-hydrogen) atoms. The quantitative estimate of drug-likeness (QED) is 0.832. The minimum Gasteiger partial charge on any atom is -0.342 e. The number of hydrogen-bond acceptors (Lipinski definition) is 3. The Balaban J connectivity index is 2.43. The molecule has 0 unspecified atom stereocenters. The molecule has 1 aromatic rings. The Labute approximate surface area is 110 Å². The summed E-state index contributed by atoms with van der Waals surface area (Å²) < 4.78 is 15.0. The van der Waals surface area contributed by atoms with E-state index in [0.29, 0.717) is 4.88 Å². The summed E-state index contributed by atoms with van der Waals surface area (Å²) in [7, 11) is 1.38. The average Bonchev–Trinajstić information content (AvgIpc) is 2.71. The zero-order valence-electron chi connectivity index (χ0n) is 9.25. The van der Waals surface area contributed by atoms with E-state index >= 15 is 0 Å². The lowest BCUT2D eigenvalue weighted by Gasteiger charge is -2.40. The maximum absolute atomic E-state index is 14.2. The first-order valence-corrected chi connectivity index (χ1v) is 6.56. The fourth-order valence-corrected chi connectivity index (χ4v) is 3.25. The van der Waals surface area contributed by atoms with E-state index in [-0.39, 0.29) is 5.96 Å². The number of thiophene rings is 1. The first-order valence-electron chi connectivity index (χ1n) is 4.89. The molecule has 2 rings (SSSR count). The van der Waals surface area contributed by atoms with Crippen LogP contribution in [0.1, 0.15) is 11.8 Å². The average molecular weight is 320 g/mol. The summed E-state index contributed by atoms with van der Waals surface area (Å²) in [5.41, 5.74) is -1.17. The second kappa shape index (κ2) is 4.06. The van der Waals surface area contributed by atoms with Crippen LogP contribution in [0.4, 0.5) is 4.39 Å². The molecule has 1 aliphatic rings. The van der Waals surface area contributed by atoms with Crippen LogP contribution in [0.3, 0.4) is 0 Å². The lowest BCUT2D eigenvalue weighted by Crippen LogP contribution is -2.64. The summed E-state index contributed by atoms with van der Waals surface area (Å²) >= 11 is 4.64. The molecule has 7 heteroatoms. The lowest BCUT2D eigenvalue weighted by atomic mass is 9.91. The minimum atomic E-state index is -1.70. The van der Waals surface area contributed by atoms with Gasteiger partial charge < -0.3 is 5.32 Å². The zero-order valence-corrected chi connectivity index (χ0v) is 11.7. The highest BCUT2D eigenvalue weighted by molar-refractivity contribution is 9.10. The maximum atomic E-state index is 14.2. The van der Waals surface area contributed by atoms with E-state index in [1.165, 1.54) is 18.4 Å². The Bertz CT molecular complexity index is 492. The highest BCUT2D eigenvalue weighted by Gasteiger charge is 2.48. The van der Waals surface area contributed by atoms with Gasteiger partial charge in [0.05, 0.1) is 0 Å². The Hall–Kier alpha value is -0.950. The van der Waals surface area contributed by atoms with Gasteiger partial charge in [0.1, 0.15) is 5.54 Å². The Morgan fingerprint density at radius 1 is 1.71 bits per heavy atom. The summed E-state index contributed by atoms with van der Waals surface area (Å²) in [4.78, 5) is 13.4. The minimum absolute atomic E-state index is 0.0871. The third-order valence-electron chi connectivity index (χ3n) is 2.85. The SMILES string of the molecule is CN1C(=N)N[C@](C)(c2cc(Br)cs2)[C@@H](F)C1=O. The highest BCUT2D eigenvalue weighted by atomic mass is 79.9. The van der Waals surface area contributed by atoms with Gasteiger partial charge in [-0.1, -0.05) is 0 Å². The molecule has 1 aromatic heterocycles. The largest absolute Gasteiger partial charge is 0.342 e. The fraction of sp³-hybridized carbons (Fsp3) is 0.400. The van der Waals surface area contributed by atoms with E-state index in [1.54, 1.807) is 13.0 Å². The van der Waals surface area contributed by atoms with E-state index in [4.69, 9.17) is 5.41 Å². The first kappa shape index (κ1) is 12.5. The molecule has 0 bridgehead atoms. The van der Waals surface area contributed by atoms with Gasteiger partial charge in [-0.25, -0.2) is 4.39 Å². The van der Waals surface area contributed by atoms with E-state index in [2.05, 4.69) is 21.2 Å². The number of hydrogen-bond donors (Lipinski definition) is 2. The zero-order chi connectivity index (χ0) is 12.8. The molecular formula is C10H11BrFN3OS.